The van der Waals surface area contributed by atoms with Gasteiger partial charge in [-0.2, -0.15) is 0 Å². The number of benzene rings is 3. The van der Waals surface area contributed by atoms with E-state index in [1.54, 1.807) is 43.6 Å². The molecule has 1 aromatic heterocycles. The van der Waals surface area contributed by atoms with Gasteiger partial charge in [-0.1, -0.05) is 23.7 Å². The number of nitrogens with one attached hydrogen (secondary N) is 2. The number of nitro benzene ring substituents is 1. The van der Waals surface area contributed by atoms with Gasteiger partial charge in [0, 0.05) is 60.2 Å². The number of methoxy groups -OCH3 is 1. The minimum Gasteiger partial charge on any atom is -0.457 e. The fourth-order valence-electron chi connectivity index (χ4n) is 3.92. The molecule has 3 aromatic carbocycles. The second-order valence-electron chi connectivity index (χ2n) is 7.96. The van der Waals surface area contributed by atoms with E-state index in [-0.39, 0.29) is 23.9 Å². The van der Waals surface area contributed by atoms with Crippen molar-refractivity contribution in [2.75, 3.05) is 20.3 Å². The number of aromatic amines is 1. The van der Waals surface area contributed by atoms with Crippen molar-refractivity contribution in [2.45, 2.75) is 12.3 Å². The molecule has 9 heteroatoms. The lowest BCUT2D eigenvalue weighted by Crippen LogP contribution is -2.28. The molecule has 1 heterocycles. The lowest BCUT2D eigenvalue weighted by atomic mass is 9.87. The minimum atomic E-state index is -0.427. The number of rotatable bonds is 10. The molecule has 0 radical (unpaired) electrons. The third-order valence-electron chi connectivity index (χ3n) is 5.61. The predicted molar refractivity (Wildman–Crippen MR) is 134 cm³/mol. The van der Waals surface area contributed by atoms with E-state index in [0.29, 0.717) is 35.1 Å². The van der Waals surface area contributed by atoms with Gasteiger partial charge in [0.05, 0.1) is 11.5 Å². The highest BCUT2D eigenvalue weighted by atomic mass is 35.5. The van der Waals surface area contributed by atoms with Gasteiger partial charge in [-0.05, 0) is 53.6 Å². The number of amides is 1. The molecule has 0 saturated carbocycles. The van der Waals surface area contributed by atoms with E-state index >= 15 is 0 Å². The summed E-state index contributed by atoms with van der Waals surface area (Å²) in [4.78, 5) is 26.9. The number of H-pyrrole nitrogens is 1. The smallest absolute Gasteiger partial charge is 0.270 e. The van der Waals surface area contributed by atoms with Gasteiger partial charge < -0.3 is 19.8 Å². The maximum Gasteiger partial charge on any atom is 0.270 e. The standard InChI is InChI=1S/C26H24ClN3O5/c1-34-12-11-28-26(31)15-22(24-16-29-25-10-7-19(30(32)33)14-23(24)25)17-3-2-4-21(13-17)35-20-8-5-18(27)6-9-20/h2-10,13-14,16,22,29H,11-12,15H2,1H3,(H,28,31). The van der Waals surface area contributed by atoms with Crippen LogP contribution in [0.5, 0.6) is 11.5 Å². The fraction of sp³-hybridized carbons (Fsp3) is 0.192. The molecule has 35 heavy (non-hydrogen) atoms. The van der Waals surface area contributed by atoms with Gasteiger partial charge in [0.1, 0.15) is 11.5 Å². The molecular weight excluding hydrogens is 470 g/mol. The SMILES string of the molecule is COCCNC(=O)CC(c1cccc(Oc2ccc(Cl)cc2)c1)c1c[nH]c2ccc([N+](=O)[O-])cc12. The highest BCUT2D eigenvalue weighted by Gasteiger charge is 2.23. The summed E-state index contributed by atoms with van der Waals surface area (Å²) in [5.74, 6) is 0.696. The molecule has 0 aliphatic rings. The number of hydrogen-bond donors (Lipinski definition) is 2. The predicted octanol–water partition coefficient (Wildman–Crippen LogP) is 5.81. The van der Waals surface area contributed by atoms with Crippen LogP contribution in [-0.2, 0) is 9.53 Å². The van der Waals surface area contributed by atoms with Crippen LogP contribution in [0, 0.1) is 10.1 Å². The van der Waals surface area contributed by atoms with Crippen molar-refractivity contribution in [1.29, 1.82) is 0 Å². The summed E-state index contributed by atoms with van der Waals surface area (Å²) < 4.78 is 11.0. The number of fused-ring (bicyclic) bond motifs is 1. The van der Waals surface area contributed by atoms with Crippen LogP contribution in [-0.4, -0.2) is 36.1 Å². The highest BCUT2D eigenvalue weighted by Crippen LogP contribution is 2.36. The largest absolute Gasteiger partial charge is 0.457 e. The third kappa shape index (κ3) is 5.98. The van der Waals surface area contributed by atoms with Crippen molar-refractivity contribution < 1.29 is 19.2 Å². The van der Waals surface area contributed by atoms with Gasteiger partial charge >= 0.3 is 0 Å². The molecule has 4 rings (SSSR count). The average molecular weight is 494 g/mol. The lowest BCUT2D eigenvalue weighted by Gasteiger charge is -2.18. The van der Waals surface area contributed by atoms with E-state index in [1.807, 2.05) is 24.3 Å². The molecule has 0 aliphatic carbocycles. The Labute approximate surface area is 207 Å². The Hall–Kier alpha value is -3.88. The summed E-state index contributed by atoms with van der Waals surface area (Å²) >= 11 is 5.96. The van der Waals surface area contributed by atoms with Crippen molar-refractivity contribution in [3.05, 3.63) is 99.2 Å². The molecule has 180 valence electrons. The summed E-state index contributed by atoms with van der Waals surface area (Å²) in [6.07, 6.45) is 1.94. The van der Waals surface area contributed by atoms with E-state index in [9.17, 15) is 14.9 Å². The summed E-state index contributed by atoms with van der Waals surface area (Å²) in [6, 6.07) is 19.2. The van der Waals surface area contributed by atoms with Crippen LogP contribution in [0.3, 0.4) is 0 Å². The molecule has 0 spiro atoms. The number of ether oxygens (including phenoxy) is 2. The zero-order valence-electron chi connectivity index (χ0n) is 19.0. The van der Waals surface area contributed by atoms with Gasteiger partial charge in [-0.15, -0.1) is 0 Å². The summed E-state index contributed by atoms with van der Waals surface area (Å²) in [5.41, 5.74) is 2.37. The Balaban J connectivity index is 1.70. The molecule has 0 fully saturated rings. The Bertz CT molecular complexity index is 1340. The van der Waals surface area contributed by atoms with Gasteiger partial charge in [0.2, 0.25) is 5.91 Å². The second kappa shape index (κ2) is 11.0. The number of halogens is 1. The lowest BCUT2D eigenvalue weighted by molar-refractivity contribution is -0.384. The van der Waals surface area contributed by atoms with E-state index in [2.05, 4.69) is 10.3 Å². The Morgan fingerprint density at radius 2 is 1.91 bits per heavy atom. The van der Waals surface area contributed by atoms with Crippen LogP contribution in [0.15, 0.2) is 72.9 Å². The number of aromatic nitrogens is 1. The van der Waals surface area contributed by atoms with Crippen LogP contribution < -0.4 is 10.1 Å². The first kappa shape index (κ1) is 24.3. The molecule has 0 saturated heterocycles. The van der Waals surface area contributed by atoms with Gasteiger partial charge in [-0.25, -0.2) is 0 Å². The third-order valence-corrected chi connectivity index (χ3v) is 5.86. The van der Waals surface area contributed by atoms with Gasteiger partial charge in [-0.3, -0.25) is 14.9 Å². The Morgan fingerprint density at radius 3 is 2.66 bits per heavy atom. The van der Waals surface area contributed by atoms with Crippen LogP contribution in [0.2, 0.25) is 5.02 Å². The zero-order valence-corrected chi connectivity index (χ0v) is 19.7. The van der Waals surface area contributed by atoms with Gasteiger partial charge in [0.25, 0.3) is 5.69 Å². The van der Waals surface area contributed by atoms with Crippen molar-refractivity contribution in [1.82, 2.24) is 10.3 Å². The monoisotopic (exact) mass is 493 g/mol. The molecule has 1 amide bonds. The maximum atomic E-state index is 12.8. The molecular formula is C26H24ClN3O5. The molecule has 1 atom stereocenters. The second-order valence-corrected chi connectivity index (χ2v) is 8.40. The summed E-state index contributed by atoms with van der Waals surface area (Å²) in [5, 5.41) is 15.5. The number of carbonyl (C=O) groups excluding carboxylic acids is 1. The first-order valence-electron chi connectivity index (χ1n) is 11.0. The number of nitro groups is 1. The van der Waals surface area contributed by atoms with Crippen LogP contribution in [0.4, 0.5) is 5.69 Å². The molecule has 1 unspecified atom stereocenters. The quantitative estimate of drug-likeness (QED) is 0.165. The first-order chi connectivity index (χ1) is 16.9. The molecule has 0 aliphatic heterocycles. The molecule has 0 bridgehead atoms. The van der Waals surface area contributed by atoms with Crippen LogP contribution in [0.25, 0.3) is 10.9 Å². The van der Waals surface area contributed by atoms with E-state index in [1.165, 1.54) is 12.1 Å². The number of hydrogen-bond acceptors (Lipinski definition) is 5. The van der Waals surface area contributed by atoms with Gasteiger partial charge in [0.15, 0.2) is 0 Å². The van der Waals surface area contributed by atoms with E-state index < -0.39 is 4.92 Å². The average Bonchev–Trinajstić information content (AvgIpc) is 3.27. The van der Waals surface area contributed by atoms with Crippen molar-refractivity contribution in [3.63, 3.8) is 0 Å². The number of non-ortho nitro benzene ring substituents is 1. The number of nitrogens with zero attached hydrogens (tertiary/aromatic N) is 1. The first-order valence-corrected chi connectivity index (χ1v) is 11.4. The highest BCUT2D eigenvalue weighted by molar-refractivity contribution is 6.30. The molecule has 8 nitrogen and oxygen atoms in total. The number of carbonyl (C=O) groups is 1. The minimum absolute atomic E-state index is 0.0125. The fourth-order valence-corrected chi connectivity index (χ4v) is 4.05. The van der Waals surface area contributed by atoms with Crippen molar-refractivity contribution in [2.24, 2.45) is 0 Å². The summed E-state index contributed by atoms with van der Waals surface area (Å²) in [7, 11) is 1.57. The van der Waals surface area contributed by atoms with E-state index in [4.69, 9.17) is 21.1 Å². The van der Waals surface area contributed by atoms with Crippen LogP contribution in [0.1, 0.15) is 23.5 Å². The van der Waals surface area contributed by atoms with Crippen molar-refractivity contribution >= 4 is 34.1 Å². The zero-order chi connectivity index (χ0) is 24.8. The Morgan fingerprint density at radius 1 is 1.11 bits per heavy atom. The maximum absolute atomic E-state index is 12.8. The normalized spacial score (nSPS) is 11.8. The summed E-state index contributed by atoms with van der Waals surface area (Å²) in [6.45, 7) is 0.793. The Kier molecular flexibility index (Phi) is 7.64. The molecule has 2 N–H and O–H groups in total. The topological polar surface area (TPSA) is 106 Å². The van der Waals surface area contributed by atoms with E-state index in [0.717, 1.165) is 16.6 Å². The molecule has 4 aromatic rings. The van der Waals surface area contributed by atoms with Crippen LogP contribution >= 0.6 is 11.6 Å². The van der Waals surface area contributed by atoms with Crippen molar-refractivity contribution in [3.8, 4) is 11.5 Å².